The molecule has 0 saturated carbocycles. The summed E-state index contributed by atoms with van der Waals surface area (Å²) in [7, 11) is 0. The first-order valence-corrected chi connectivity index (χ1v) is 15.0. The van der Waals surface area contributed by atoms with Crippen molar-refractivity contribution in [2.75, 3.05) is 17.8 Å². The lowest BCUT2D eigenvalue weighted by atomic mass is 9.86. The van der Waals surface area contributed by atoms with Crippen LogP contribution in [0.4, 0.5) is 5.69 Å². The van der Waals surface area contributed by atoms with Crippen molar-refractivity contribution < 1.29 is 9.53 Å². The second-order valence-electron chi connectivity index (χ2n) is 11.2. The molecule has 0 unspecified atom stereocenters. The molecule has 2 aromatic rings. The van der Waals surface area contributed by atoms with Gasteiger partial charge in [0.05, 0.1) is 12.5 Å². The number of allylic oxidation sites excluding steroid dienone is 1. The summed E-state index contributed by atoms with van der Waals surface area (Å²) in [6.45, 7) is 12.5. The third kappa shape index (κ3) is 9.77. The Kier molecular flexibility index (Phi) is 11.4. The number of anilines is 1. The van der Waals surface area contributed by atoms with Crippen molar-refractivity contribution in [3.8, 4) is 5.75 Å². The lowest BCUT2D eigenvalue weighted by Gasteiger charge is -2.23. The second kappa shape index (κ2) is 14.5. The molecule has 1 aliphatic heterocycles. The van der Waals surface area contributed by atoms with Gasteiger partial charge in [0.15, 0.2) is 0 Å². The minimum atomic E-state index is -0.0955. The number of benzene rings is 2. The van der Waals surface area contributed by atoms with Crippen molar-refractivity contribution in [3.63, 3.8) is 0 Å². The van der Waals surface area contributed by atoms with E-state index in [1.54, 1.807) is 0 Å². The van der Waals surface area contributed by atoms with Gasteiger partial charge in [0.1, 0.15) is 5.75 Å². The van der Waals surface area contributed by atoms with Crippen LogP contribution in [-0.2, 0) is 12.0 Å². The maximum Gasteiger partial charge on any atom is 0.255 e. The predicted molar refractivity (Wildman–Crippen MR) is 159 cm³/mol. The lowest BCUT2D eigenvalue weighted by molar-refractivity contribution is 0.102. The Morgan fingerprint density at radius 2 is 1.73 bits per heavy atom. The van der Waals surface area contributed by atoms with Crippen LogP contribution in [0, 0.1) is 0 Å². The summed E-state index contributed by atoms with van der Waals surface area (Å²) in [5.74, 6) is 1.74. The summed E-state index contributed by atoms with van der Waals surface area (Å²) < 4.78 is 6.27. The standard InChI is InChI=1S/C32H46N2O2S/c1-6-7-8-9-10-11-12-13-19-36-30-21-28(17-18-29(30)32(3,4)5)33-31(35)27-16-14-15-26(20-27)23-34-22-25(2)37-24-34/h14-18,20-22H,6-13,19,23-24H2,1-5H3,(H,33,35). The topological polar surface area (TPSA) is 41.6 Å². The Labute approximate surface area is 229 Å². The lowest BCUT2D eigenvalue weighted by Crippen LogP contribution is -2.16. The van der Waals surface area contributed by atoms with Crippen LogP contribution in [0.5, 0.6) is 5.75 Å². The molecule has 0 aromatic heterocycles. The van der Waals surface area contributed by atoms with E-state index in [-0.39, 0.29) is 11.3 Å². The fourth-order valence-corrected chi connectivity index (χ4v) is 5.37. The first-order valence-electron chi connectivity index (χ1n) is 14.0. The smallest absolute Gasteiger partial charge is 0.255 e. The van der Waals surface area contributed by atoms with Gasteiger partial charge in [0.25, 0.3) is 5.91 Å². The van der Waals surface area contributed by atoms with Gasteiger partial charge >= 0.3 is 0 Å². The van der Waals surface area contributed by atoms with E-state index < -0.39 is 0 Å². The summed E-state index contributed by atoms with van der Waals surface area (Å²) in [4.78, 5) is 16.7. The van der Waals surface area contributed by atoms with Gasteiger partial charge in [0.2, 0.25) is 0 Å². The van der Waals surface area contributed by atoms with Crippen LogP contribution in [0.1, 0.15) is 107 Å². The molecular formula is C32H46N2O2S. The number of ether oxygens (including phenoxy) is 1. The zero-order valence-corrected chi connectivity index (χ0v) is 24.4. The molecule has 3 rings (SSSR count). The summed E-state index contributed by atoms with van der Waals surface area (Å²) in [5, 5.41) is 3.09. The molecule has 5 heteroatoms. The van der Waals surface area contributed by atoms with Crippen LogP contribution in [0.3, 0.4) is 0 Å². The van der Waals surface area contributed by atoms with E-state index in [2.05, 4.69) is 63.2 Å². The fraction of sp³-hybridized carbons (Fsp3) is 0.531. The fourth-order valence-electron chi connectivity index (χ4n) is 4.61. The van der Waals surface area contributed by atoms with Gasteiger partial charge in [-0.1, -0.05) is 90.8 Å². The van der Waals surface area contributed by atoms with Gasteiger partial charge in [-0.25, -0.2) is 0 Å². The summed E-state index contributed by atoms with van der Waals surface area (Å²) in [5.41, 5.74) is 3.71. The molecule has 1 amide bonds. The average molecular weight is 523 g/mol. The quantitative estimate of drug-likeness (QED) is 0.251. The van der Waals surface area contributed by atoms with Gasteiger partial charge < -0.3 is 15.0 Å². The van der Waals surface area contributed by atoms with E-state index in [4.69, 9.17) is 4.74 Å². The van der Waals surface area contributed by atoms with Gasteiger partial charge in [-0.15, -0.1) is 11.8 Å². The van der Waals surface area contributed by atoms with Crippen LogP contribution < -0.4 is 10.1 Å². The molecule has 0 fully saturated rings. The van der Waals surface area contributed by atoms with E-state index in [1.165, 1.54) is 55.4 Å². The number of amides is 1. The number of nitrogens with zero attached hydrogens (tertiary/aromatic N) is 1. The van der Waals surface area contributed by atoms with Crippen molar-refractivity contribution >= 4 is 23.4 Å². The number of hydrogen-bond acceptors (Lipinski definition) is 4. The van der Waals surface area contributed by atoms with Crippen molar-refractivity contribution in [1.29, 1.82) is 0 Å². The Hall–Kier alpha value is -2.40. The highest BCUT2D eigenvalue weighted by Gasteiger charge is 2.20. The van der Waals surface area contributed by atoms with E-state index in [1.807, 2.05) is 42.1 Å². The van der Waals surface area contributed by atoms with E-state index >= 15 is 0 Å². The van der Waals surface area contributed by atoms with Crippen molar-refractivity contribution in [2.45, 2.75) is 97.9 Å². The molecule has 0 bridgehead atoms. The first kappa shape index (κ1) is 29.2. The third-order valence-electron chi connectivity index (χ3n) is 6.70. The molecule has 2 aromatic carbocycles. The molecule has 0 radical (unpaired) electrons. The molecule has 202 valence electrons. The number of rotatable bonds is 14. The normalized spacial score (nSPS) is 13.5. The highest BCUT2D eigenvalue weighted by Crippen LogP contribution is 2.34. The van der Waals surface area contributed by atoms with Crippen LogP contribution in [0.25, 0.3) is 0 Å². The molecule has 0 spiro atoms. The Morgan fingerprint density at radius 1 is 1.00 bits per heavy atom. The molecule has 1 heterocycles. The van der Waals surface area contributed by atoms with E-state index in [0.717, 1.165) is 35.8 Å². The number of unbranched alkanes of at least 4 members (excludes halogenated alkanes) is 7. The van der Waals surface area contributed by atoms with Crippen LogP contribution in [0.2, 0.25) is 0 Å². The monoisotopic (exact) mass is 522 g/mol. The van der Waals surface area contributed by atoms with E-state index in [9.17, 15) is 4.79 Å². The Balaban J connectivity index is 1.58. The highest BCUT2D eigenvalue weighted by atomic mass is 32.2. The molecule has 0 saturated heterocycles. The zero-order chi connectivity index (χ0) is 26.7. The molecular weight excluding hydrogens is 476 g/mol. The van der Waals surface area contributed by atoms with Crippen molar-refractivity contribution in [3.05, 3.63) is 70.3 Å². The minimum absolute atomic E-state index is 0.0356. The Bertz CT molecular complexity index is 1040. The highest BCUT2D eigenvalue weighted by molar-refractivity contribution is 8.03. The predicted octanol–water partition coefficient (Wildman–Crippen LogP) is 9.12. The van der Waals surface area contributed by atoms with Crippen LogP contribution in [0.15, 0.2) is 53.6 Å². The maximum atomic E-state index is 13.1. The maximum absolute atomic E-state index is 13.1. The largest absolute Gasteiger partial charge is 0.493 e. The van der Waals surface area contributed by atoms with Crippen molar-refractivity contribution in [2.24, 2.45) is 0 Å². The number of carbonyl (C=O) groups is 1. The van der Waals surface area contributed by atoms with Crippen molar-refractivity contribution in [1.82, 2.24) is 4.90 Å². The minimum Gasteiger partial charge on any atom is -0.493 e. The van der Waals surface area contributed by atoms with Gasteiger partial charge in [-0.3, -0.25) is 4.79 Å². The first-order chi connectivity index (χ1) is 17.8. The molecule has 4 nitrogen and oxygen atoms in total. The SMILES string of the molecule is CCCCCCCCCCOc1cc(NC(=O)c2cccc(CN3C=C(C)SC3)c2)ccc1C(C)(C)C. The molecule has 0 atom stereocenters. The molecule has 1 aliphatic rings. The summed E-state index contributed by atoms with van der Waals surface area (Å²) in [6, 6.07) is 14.0. The number of carbonyl (C=O) groups excluding carboxylic acids is 1. The van der Waals surface area contributed by atoms with Crippen LogP contribution in [-0.4, -0.2) is 23.3 Å². The third-order valence-corrected chi connectivity index (χ3v) is 7.72. The van der Waals surface area contributed by atoms with E-state index in [0.29, 0.717) is 12.2 Å². The molecule has 0 aliphatic carbocycles. The number of nitrogens with one attached hydrogen (secondary N) is 1. The average Bonchev–Trinajstić information content (AvgIpc) is 3.27. The summed E-state index contributed by atoms with van der Waals surface area (Å²) in [6.07, 6.45) is 12.4. The number of hydrogen-bond donors (Lipinski definition) is 1. The summed E-state index contributed by atoms with van der Waals surface area (Å²) >= 11 is 1.85. The Morgan fingerprint density at radius 3 is 2.41 bits per heavy atom. The van der Waals surface area contributed by atoms with Gasteiger partial charge in [-0.2, -0.15) is 0 Å². The van der Waals surface area contributed by atoms with Gasteiger partial charge in [-0.05, 0) is 53.0 Å². The zero-order valence-electron chi connectivity index (χ0n) is 23.6. The number of thioether (sulfide) groups is 1. The second-order valence-corrected chi connectivity index (χ2v) is 12.4. The van der Waals surface area contributed by atoms with Gasteiger partial charge in [0, 0.05) is 30.1 Å². The molecule has 1 N–H and O–H groups in total. The van der Waals surface area contributed by atoms with Crippen LogP contribution >= 0.6 is 11.8 Å². The molecule has 37 heavy (non-hydrogen) atoms.